The van der Waals surface area contributed by atoms with Crippen molar-refractivity contribution in [2.45, 2.75) is 127 Å². The molecule has 1 aromatic heterocycles. The Kier molecular flexibility index (Phi) is 19.6. The number of nitrogens with zero attached hydrogens (tertiary/aromatic N) is 4. The second-order valence-corrected chi connectivity index (χ2v) is 23.0. The fraction of sp³-hybridized carbons (Fsp3) is 0.288. The Morgan fingerprint density at radius 3 is 1.43 bits per heavy atom. The van der Waals surface area contributed by atoms with Gasteiger partial charge in [0.15, 0.2) is 5.78 Å². The van der Waals surface area contributed by atoms with Gasteiger partial charge in [0, 0.05) is 90.8 Å². The number of benzene rings is 7. The lowest BCUT2D eigenvalue weighted by atomic mass is 9.94. The first-order valence-corrected chi connectivity index (χ1v) is 28.8. The maximum absolute atomic E-state index is 15.0. The molecule has 0 aliphatic rings. The van der Waals surface area contributed by atoms with E-state index in [0.29, 0.717) is 53.1 Å². The van der Waals surface area contributed by atoms with Crippen molar-refractivity contribution in [3.8, 4) is 0 Å². The van der Waals surface area contributed by atoms with Crippen LogP contribution in [0, 0.1) is 17.8 Å². The highest BCUT2D eigenvalue weighted by atomic mass is 32.2. The number of hydrogen-bond donors (Lipinski definition) is 0. The number of carbonyl (C=O) groups is 4. The topological polar surface area (TPSA) is 138 Å². The van der Waals surface area contributed by atoms with Crippen molar-refractivity contribution in [2.75, 3.05) is 0 Å². The van der Waals surface area contributed by atoms with Crippen LogP contribution in [0.5, 0.6) is 0 Å². The fourth-order valence-corrected chi connectivity index (χ4v) is 11.3. The summed E-state index contributed by atoms with van der Waals surface area (Å²) in [5, 5.41) is 16.5. The van der Waals surface area contributed by atoms with E-state index in [2.05, 4.69) is 91.9 Å². The van der Waals surface area contributed by atoms with Crippen molar-refractivity contribution in [1.82, 2.24) is 4.57 Å². The molecule has 406 valence electrons. The Morgan fingerprint density at radius 1 is 0.506 bits per heavy atom. The van der Waals surface area contributed by atoms with Gasteiger partial charge in [0.05, 0.1) is 16.9 Å². The smallest absolute Gasteiger partial charge is 0.332 e. The van der Waals surface area contributed by atoms with Crippen LogP contribution in [-0.2, 0) is 35.4 Å². The number of unbranched alkanes of at least 4 members (excludes halogenated alkanes) is 1. The lowest BCUT2D eigenvalue weighted by Crippen LogP contribution is -2.11. The highest BCUT2D eigenvalue weighted by Gasteiger charge is 2.23. The predicted octanol–water partition coefficient (Wildman–Crippen LogP) is 16.6. The molecule has 1 atom stereocenters. The minimum Gasteiger partial charge on any atom is -0.340 e. The minimum atomic E-state index is -0.534. The van der Waals surface area contributed by atoms with E-state index in [9.17, 15) is 19.2 Å². The van der Waals surface area contributed by atoms with Crippen molar-refractivity contribution >= 4 is 96.9 Å². The highest BCUT2D eigenvalue weighted by molar-refractivity contribution is 7.99. The third-order valence-corrected chi connectivity index (χ3v) is 15.5. The normalized spacial score (nSPS) is 12.7. The van der Waals surface area contributed by atoms with Crippen LogP contribution in [-0.4, -0.2) is 45.4 Å². The molecule has 0 aliphatic carbocycles. The summed E-state index contributed by atoms with van der Waals surface area (Å²) < 4.78 is 2.45. The van der Waals surface area contributed by atoms with Crippen LogP contribution < -0.4 is 0 Å². The van der Waals surface area contributed by atoms with Gasteiger partial charge in [-0.3, -0.25) is 4.79 Å². The number of carbonyl (C=O) groups excluding carboxylic acids is 4. The zero-order chi connectivity index (χ0) is 56.2. The Balaban J connectivity index is 1.14. The fourth-order valence-electron chi connectivity index (χ4n) is 9.69. The summed E-state index contributed by atoms with van der Waals surface area (Å²) in [4.78, 5) is 69.8. The molecule has 0 bridgehead atoms. The summed E-state index contributed by atoms with van der Waals surface area (Å²) in [5.74, 6) is -0.439. The summed E-state index contributed by atoms with van der Waals surface area (Å²) in [5.41, 5.74) is 8.53. The van der Waals surface area contributed by atoms with E-state index in [4.69, 9.17) is 14.5 Å². The highest BCUT2D eigenvalue weighted by Crippen LogP contribution is 2.40. The monoisotopic (exact) mass is 1090 g/mol. The molecule has 0 N–H and O–H groups in total. The number of ketones is 1. The zero-order valence-corrected chi connectivity index (χ0v) is 48.1. The van der Waals surface area contributed by atoms with Crippen LogP contribution >= 0.6 is 23.5 Å². The molecule has 0 fully saturated rings. The largest absolute Gasteiger partial charge is 0.340 e. The molecule has 1 unspecified atom stereocenters. The Bertz CT molecular complexity index is 3580. The van der Waals surface area contributed by atoms with E-state index in [-0.39, 0.29) is 5.78 Å². The number of aromatic nitrogens is 1. The van der Waals surface area contributed by atoms with Crippen LogP contribution in [0.15, 0.2) is 181 Å². The molecule has 13 heteroatoms. The molecule has 8 rings (SSSR count). The maximum Gasteiger partial charge on any atom is 0.332 e. The molecule has 7 aromatic carbocycles. The third-order valence-electron chi connectivity index (χ3n) is 13.5. The van der Waals surface area contributed by atoms with Gasteiger partial charge in [0.25, 0.3) is 0 Å². The van der Waals surface area contributed by atoms with Gasteiger partial charge in [-0.05, 0) is 132 Å². The van der Waals surface area contributed by atoms with Crippen LogP contribution in [0.1, 0.15) is 139 Å². The van der Waals surface area contributed by atoms with Crippen molar-refractivity contribution in [3.63, 3.8) is 0 Å². The average molecular weight is 1090 g/mol. The Morgan fingerprint density at radius 2 is 0.962 bits per heavy atom. The first-order chi connectivity index (χ1) is 38.1. The van der Waals surface area contributed by atoms with Crippen molar-refractivity contribution < 1.29 is 33.7 Å². The lowest BCUT2D eigenvalue weighted by Gasteiger charge is -2.18. The quantitative estimate of drug-likeness (QED) is 0.0265. The van der Waals surface area contributed by atoms with Crippen molar-refractivity contribution in [3.05, 3.63) is 179 Å². The standard InChI is InChI=1S/C66H68N4O7S2/c1-10-12-15-46(11-2)40-70-63-35-26-51(64(69-77-45(9)73)49-22-31-54(32-23-49)78-52-27-18-47(19-28-52)61(36-41(3)4)67-75-43(7)71)38-58(63)59-39-60(56-16-13-14-17-57(56)65(59)70)66(74)50-24-33-55(34-25-50)79-53-29-20-48(21-30-53)62(37-42(5)6)68-76-44(8)72/h13-14,16-35,38-39,41-42,46H,10-12,15,36-37,40H2,1-9H3/b67-61+,68-62+,69-64+. The van der Waals surface area contributed by atoms with Crippen molar-refractivity contribution in [1.29, 1.82) is 0 Å². The molecule has 0 amide bonds. The van der Waals surface area contributed by atoms with Gasteiger partial charge in [-0.25, -0.2) is 14.4 Å². The minimum absolute atomic E-state index is 0.0785. The van der Waals surface area contributed by atoms with Crippen LogP contribution in [0.25, 0.3) is 32.6 Å². The van der Waals surface area contributed by atoms with Gasteiger partial charge in [0.2, 0.25) is 0 Å². The van der Waals surface area contributed by atoms with E-state index in [1.807, 2.05) is 115 Å². The SMILES string of the molecule is CCCCC(CC)Cn1c2ccc(/C(=N/OC(C)=O)c3ccc(Sc4ccc(/C(CC(C)C)=N/OC(C)=O)cc4)cc3)cc2c2cc(C(=O)c3ccc(Sc4ccc(/C(CC(C)C)=N/OC(C)=O)cc4)cc3)c3ccccc3c21. The molecule has 0 spiro atoms. The summed E-state index contributed by atoms with van der Waals surface area (Å²) >= 11 is 3.20. The average Bonchev–Trinajstić information content (AvgIpc) is 3.98. The first-order valence-electron chi connectivity index (χ1n) is 27.1. The van der Waals surface area contributed by atoms with E-state index in [1.165, 1.54) is 20.8 Å². The van der Waals surface area contributed by atoms with Gasteiger partial charge in [-0.2, -0.15) is 0 Å². The molecule has 1 heterocycles. The van der Waals surface area contributed by atoms with Gasteiger partial charge < -0.3 is 19.1 Å². The van der Waals surface area contributed by atoms with Gasteiger partial charge in [-0.1, -0.05) is 167 Å². The Labute approximate surface area is 471 Å². The van der Waals surface area contributed by atoms with Crippen LogP contribution in [0.4, 0.5) is 0 Å². The molecule has 79 heavy (non-hydrogen) atoms. The molecule has 0 saturated carbocycles. The summed E-state index contributed by atoms with van der Waals surface area (Å²) in [6, 6.07) is 48.5. The predicted molar refractivity (Wildman–Crippen MR) is 321 cm³/mol. The molecular formula is C66H68N4O7S2. The zero-order valence-electron chi connectivity index (χ0n) is 46.5. The molecule has 0 radical (unpaired) electrons. The number of fused-ring (bicyclic) bond motifs is 5. The lowest BCUT2D eigenvalue weighted by molar-refractivity contribution is -0.141. The maximum atomic E-state index is 15.0. The van der Waals surface area contributed by atoms with Crippen LogP contribution in [0.3, 0.4) is 0 Å². The summed E-state index contributed by atoms with van der Waals surface area (Å²) in [6.07, 6.45) is 5.73. The third kappa shape index (κ3) is 14.8. The van der Waals surface area contributed by atoms with Gasteiger partial charge in [-0.15, -0.1) is 0 Å². The molecule has 0 aliphatic heterocycles. The van der Waals surface area contributed by atoms with E-state index >= 15 is 0 Å². The molecule has 8 aromatic rings. The first kappa shape index (κ1) is 57.6. The van der Waals surface area contributed by atoms with Crippen LogP contribution in [0.2, 0.25) is 0 Å². The number of oxime groups is 3. The van der Waals surface area contributed by atoms with E-state index in [1.54, 1.807) is 23.5 Å². The second kappa shape index (κ2) is 26.8. The summed E-state index contributed by atoms with van der Waals surface area (Å²) in [6.45, 7) is 17.7. The Hall–Kier alpha value is -7.61. The number of rotatable bonds is 23. The van der Waals surface area contributed by atoms with E-state index < -0.39 is 17.9 Å². The molecular weight excluding hydrogens is 1020 g/mol. The molecule has 0 saturated heterocycles. The van der Waals surface area contributed by atoms with Gasteiger partial charge >= 0.3 is 17.9 Å². The van der Waals surface area contributed by atoms with E-state index in [0.717, 1.165) is 112 Å². The van der Waals surface area contributed by atoms with Gasteiger partial charge in [0.1, 0.15) is 5.71 Å². The molecule has 11 nitrogen and oxygen atoms in total. The number of hydrogen-bond acceptors (Lipinski definition) is 12. The second-order valence-electron chi connectivity index (χ2n) is 20.7. The summed E-state index contributed by atoms with van der Waals surface area (Å²) in [7, 11) is 0. The van der Waals surface area contributed by atoms with Crippen molar-refractivity contribution in [2.24, 2.45) is 33.2 Å².